The summed E-state index contributed by atoms with van der Waals surface area (Å²) < 4.78 is 9.99. The van der Waals surface area contributed by atoms with E-state index in [1.165, 1.54) is 0 Å². The second-order valence-electron chi connectivity index (χ2n) is 2.57. The van der Waals surface area contributed by atoms with Gasteiger partial charge in [0.15, 0.2) is 6.29 Å². The number of hydrogen-bond donors (Lipinski definition) is 1. The zero-order chi connectivity index (χ0) is 9.40. The minimum absolute atomic E-state index is 0. The summed E-state index contributed by atoms with van der Waals surface area (Å²) in [6, 6.07) is 2.14. The van der Waals surface area contributed by atoms with Gasteiger partial charge in [-0.3, -0.25) is 0 Å². The van der Waals surface area contributed by atoms with E-state index in [9.17, 15) is 0 Å². The highest BCUT2D eigenvalue weighted by atomic mass is 35.5. The van der Waals surface area contributed by atoms with Crippen molar-refractivity contribution in [2.75, 3.05) is 14.2 Å². The summed E-state index contributed by atoms with van der Waals surface area (Å²) in [5, 5.41) is 6.63. The summed E-state index contributed by atoms with van der Waals surface area (Å²) in [5.74, 6) is 0. The standard InChI is InChI=1S/C8H16N2O2.ClH/c1-7(10-6-9)4-5-8(11-2)12-3;/h7-9H,4-5H2,1-3H3;1H. The Morgan fingerprint density at radius 2 is 1.85 bits per heavy atom. The average molecular weight is 209 g/mol. The normalized spacial score (nSPS) is 11.7. The molecule has 0 aliphatic rings. The molecule has 13 heavy (non-hydrogen) atoms. The first kappa shape index (κ1) is 15.1. The van der Waals surface area contributed by atoms with Crippen LogP contribution in [0.15, 0.2) is 4.99 Å². The number of rotatable bonds is 6. The minimum atomic E-state index is -0.159. The average Bonchev–Trinajstić information content (AvgIpc) is 2.07. The van der Waals surface area contributed by atoms with Crippen LogP contribution in [0, 0.1) is 5.41 Å². The molecule has 0 saturated carbocycles. The topological polar surface area (TPSA) is 54.7 Å². The van der Waals surface area contributed by atoms with E-state index in [-0.39, 0.29) is 24.7 Å². The number of hydrogen-bond acceptors (Lipinski definition) is 4. The van der Waals surface area contributed by atoms with Crippen LogP contribution in [0.2, 0.25) is 0 Å². The van der Waals surface area contributed by atoms with E-state index in [1.54, 1.807) is 14.2 Å². The van der Waals surface area contributed by atoms with Crippen LogP contribution in [0.1, 0.15) is 19.8 Å². The van der Waals surface area contributed by atoms with Crippen LogP contribution in [0.4, 0.5) is 0 Å². The summed E-state index contributed by atoms with van der Waals surface area (Å²) in [6.07, 6.45) is 1.48. The molecule has 0 saturated heterocycles. The third kappa shape index (κ3) is 7.94. The van der Waals surface area contributed by atoms with E-state index in [1.807, 2.05) is 12.9 Å². The van der Waals surface area contributed by atoms with Gasteiger partial charge in [0.05, 0.1) is 12.1 Å². The molecule has 78 valence electrons. The van der Waals surface area contributed by atoms with Crippen molar-refractivity contribution >= 4 is 18.4 Å². The van der Waals surface area contributed by atoms with Crippen molar-refractivity contribution in [2.24, 2.45) is 4.99 Å². The van der Waals surface area contributed by atoms with Gasteiger partial charge in [0.25, 0.3) is 0 Å². The van der Waals surface area contributed by atoms with Gasteiger partial charge in [-0.15, -0.1) is 12.4 Å². The van der Waals surface area contributed by atoms with E-state index in [2.05, 4.69) is 4.99 Å². The molecule has 0 aromatic carbocycles. The second kappa shape index (κ2) is 9.68. The predicted molar refractivity (Wildman–Crippen MR) is 53.9 cm³/mol. The molecule has 0 heterocycles. The maximum atomic E-state index is 6.63. The molecular formula is C8H17ClN2O2. The number of nitrogens with zero attached hydrogens (tertiary/aromatic N) is 1. The Balaban J connectivity index is 0. The zero-order valence-corrected chi connectivity index (χ0v) is 9.06. The maximum Gasteiger partial charge on any atom is 0.156 e. The van der Waals surface area contributed by atoms with Crippen molar-refractivity contribution in [3.05, 3.63) is 0 Å². The lowest BCUT2D eigenvalue weighted by Crippen LogP contribution is -2.14. The summed E-state index contributed by atoms with van der Waals surface area (Å²) in [5.41, 5.74) is 0. The lowest BCUT2D eigenvalue weighted by atomic mass is 10.2. The lowest BCUT2D eigenvalue weighted by Gasteiger charge is -2.13. The van der Waals surface area contributed by atoms with Gasteiger partial charge < -0.3 is 9.47 Å². The highest BCUT2D eigenvalue weighted by Gasteiger charge is 2.07. The van der Waals surface area contributed by atoms with Gasteiger partial charge in [-0.2, -0.15) is 0 Å². The highest BCUT2D eigenvalue weighted by molar-refractivity contribution is 5.85. The molecule has 0 aromatic heterocycles. The SMILES string of the molecule is COC(CCC(C)N=C=N)OC.Cl. The first-order chi connectivity index (χ1) is 5.74. The predicted octanol–water partition coefficient (Wildman–Crippen LogP) is 1.95. The van der Waals surface area contributed by atoms with Gasteiger partial charge in [-0.05, 0) is 13.3 Å². The third-order valence-electron chi connectivity index (χ3n) is 1.63. The first-order valence-corrected chi connectivity index (χ1v) is 3.91. The summed E-state index contributed by atoms with van der Waals surface area (Å²) in [4.78, 5) is 3.77. The Bertz CT molecular complexity index is 156. The second-order valence-corrected chi connectivity index (χ2v) is 2.57. The molecule has 0 spiro atoms. The molecule has 0 amide bonds. The Morgan fingerprint density at radius 1 is 1.31 bits per heavy atom. The van der Waals surface area contributed by atoms with Crippen LogP contribution in [0.5, 0.6) is 0 Å². The van der Waals surface area contributed by atoms with Gasteiger partial charge in [-0.1, -0.05) is 0 Å². The van der Waals surface area contributed by atoms with Crippen molar-refractivity contribution in [2.45, 2.75) is 32.1 Å². The van der Waals surface area contributed by atoms with Crippen LogP contribution >= 0.6 is 12.4 Å². The monoisotopic (exact) mass is 208 g/mol. The summed E-state index contributed by atoms with van der Waals surface area (Å²) in [6.45, 7) is 1.93. The number of methoxy groups -OCH3 is 2. The van der Waals surface area contributed by atoms with Gasteiger partial charge in [-0.25, -0.2) is 10.4 Å². The first-order valence-electron chi connectivity index (χ1n) is 3.91. The van der Waals surface area contributed by atoms with Crippen molar-refractivity contribution in [1.82, 2.24) is 0 Å². The van der Waals surface area contributed by atoms with Crippen LogP contribution < -0.4 is 0 Å². The number of halogens is 1. The van der Waals surface area contributed by atoms with Crippen LogP contribution in [-0.2, 0) is 9.47 Å². The molecule has 0 aromatic rings. The third-order valence-corrected chi connectivity index (χ3v) is 1.63. The molecule has 1 unspecified atom stereocenters. The largest absolute Gasteiger partial charge is 0.356 e. The van der Waals surface area contributed by atoms with Gasteiger partial charge in [0, 0.05) is 20.6 Å². The van der Waals surface area contributed by atoms with Crippen molar-refractivity contribution in [3.8, 4) is 0 Å². The number of nitrogens with one attached hydrogen (secondary N) is 1. The van der Waals surface area contributed by atoms with E-state index < -0.39 is 0 Å². The Morgan fingerprint density at radius 3 is 2.23 bits per heavy atom. The summed E-state index contributed by atoms with van der Waals surface area (Å²) in [7, 11) is 3.22. The fourth-order valence-electron chi connectivity index (χ4n) is 0.884. The molecule has 0 radical (unpaired) electrons. The van der Waals surface area contributed by atoms with E-state index in [4.69, 9.17) is 14.9 Å². The molecule has 5 heteroatoms. The Labute approximate surface area is 85.3 Å². The van der Waals surface area contributed by atoms with E-state index in [0.717, 1.165) is 12.8 Å². The summed E-state index contributed by atoms with van der Waals surface area (Å²) >= 11 is 0. The van der Waals surface area contributed by atoms with Gasteiger partial charge in [0.2, 0.25) is 0 Å². The molecule has 1 N–H and O–H groups in total. The van der Waals surface area contributed by atoms with Crippen LogP contribution in [-0.4, -0.2) is 32.6 Å². The molecular weight excluding hydrogens is 192 g/mol. The maximum absolute atomic E-state index is 6.63. The van der Waals surface area contributed by atoms with Gasteiger partial charge >= 0.3 is 0 Å². The fraction of sp³-hybridized carbons (Fsp3) is 0.875. The molecule has 4 nitrogen and oxygen atoms in total. The van der Waals surface area contributed by atoms with Crippen LogP contribution in [0.25, 0.3) is 0 Å². The van der Waals surface area contributed by atoms with Crippen molar-refractivity contribution in [1.29, 1.82) is 5.41 Å². The zero-order valence-electron chi connectivity index (χ0n) is 8.24. The van der Waals surface area contributed by atoms with Crippen LogP contribution in [0.3, 0.4) is 0 Å². The Kier molecular flexibility index (Phi) is 11.2. The number of ether oxygens (including phenoxy) is 2. The molecule has 1 atom stereocenters. The lowest BCUT2D eigenvalue weighted by molar-refractivity contribution is -0.107. The fourth-order valence-corrected chi connectivity index (χ4v) is 0.884. The molecule has 0 fully saturated rings. The smallest absolute Gasteiger partial charge is 0.156 e. The molecule has 0 bridgehead atoms. The Hall–Kier alpha value is -0.410. The molecule has 0 rings (SSSR count). The quantitative estimate of drug-likeness (QED) is 0.536. The molecule has 0 aliphatic heterocycles. The number of aliphatic imine (C=N–C) groups is 1. The molecule has 0 aliphatic carbocycles. The van der Waals surface area contributed by atoms with Crippen molar-refractivity contribution in [3.63, 3.8) is 0 Å². The van der Waals surface area contributed by atoms with Gasteiger partial charge in [0.1, 0.15) is 0 Å². The van der Waals surface area contributed by atoms with E-state index in [0.29, 0.717) is 0 Å². The minimum Gasteiger partial charge on any atom is -0.356 e. The van der Waals surface area contributed by atoms with Crippen molar-refractivity contribution < 1.29 is 9.47 Å². The van der Waals surface area contributed by atoms with E-state index >= 15 is 0 Å². The highest BCUT2D eigenvalue weighted by Crippen LogP contribution is 2.06.